The lowest BCUT2D eigenvalue weighted by Crippen LogP contribution is -2.14. The van der Waals surface area contributed by atoms with Crippen molar-refractivity contribution in [3.05, 3.63) is 66.1 Å². The van der Waals surface area contributed by atoms with Gasteiger partial charge in [-0.3, -0.25) is 9.82 Å². The molecule has 0 aliphatic rings. The maximum atomic E-state index is 13.5. The highest BCUT2D eigenvalue weighted by Crippen LogP contribution is 2.40. The van der Waals surface area contributed by atoms with E-state index in [1.54, 1.807) is 11.2 Å². The second-order valence-electron chi connectivity index (χ2n) is 5.25. The highest BCUT2D eigenvalue weighted by Gasteiger charge is 2.38. The summed E-state index contributed by atoms with van der Waals surface area (Å²) in [7, 11) is -4.18. The average molecular weight is 385 g/mol. The number of H-pyrrole nitrogens is 1. The average Bonchev–Trinajstić information content (AvgIpc) is 2.99. The number of rotatable bonds is 4. The molecule has 0 saturated carbocycles. The minimum atomic E-state index is -4.84. The Balaban J connectivity index is 2.13. The van der Waals surface area contributed by atoms with Gasteiger partial charge in [0.1, 0.15) is 11.5 Å². The van der Waals surface area contributed by atoms with Crippen molar-refractivity contribution >= 4 is 15.8 Å². The molecule has 10 heteroatoms. The molecular weight excluding hydrogens is 374 g/mol. The zero-order valence-electron chi connectivity index (χ0n) is 12.9. The predicted octanol–water partition coefficient (Wildman–Crippen LogP) is 4.04. The number of aromatic amines is 1. The van der Waals surface area contributed by atoms with Crippen LogP contribution in [0, 0.1) is 5.82 Å². The largest absolute Gasteiger partial charge is 0.433 e. The van der Waals surface area contributed by atoms with Gasteiger partial charge in [0.05, 0.1) is 10.5 Å². The third kappa shape index (κ3) is 3.54. The fourth-order valence-electron chi connectivity index (χ4n) is 2.33. The molecule has 0 unspecified atom stereocenters. The molecule has 0 aliphatic heterocycles. The predicted molar refractivity (Wildman–Crippen MR) is 86.2 cm³/mol. The molecule has 0 saturated heterocycles. The standard InChI is InChI=1S/C16H11F4N3O2S/c17-11-6-4-5-10(9-11)13-14(16(18,19)20)21-22-15(13)23-26(24,25)12-7-2-1-3-8-12/h1-9H,(H2,21,22,23). The van der Waals surface area contributed by atoms with Crippen molar-refractivity contribution in [2.24, 2.45) is 0 Å². The summed E-state index contributed by atoms with van der Waals surface area (Å²) in [6.07, 6.45) is -4.84. The molecule has 0 amide bonds. The first-order chi connectivity index (χ1) is 12.2. The van der Waals surface area contributed by atoms with E-state index in [9.17, 15) is 26.0 Å². The van der Waals surface area contributed by atoms with E-state index in [-0.39, 0.29) is 10.5 Å². The van der Waals surface area contributed by atoms with Crippen molar-refractivity contribution in [1.29, 1.82) is 0 Å². The van der Waals surface area contributed by atoms with Crippen molar-refractivity contribution in [3.63, 3.8) is 0 Å². The first kappa shape index (κ1) is 17.9. The van der Waals surface area contributed by atoms with Gasteiger partial charge in [0.25, 0.3) is 10.0 Å². The van der Waals surface area contributed by atoms with Crippen LogP contribution < -0.4 is 4.72 Å². The zero-order chi connectivity index (χ0) is 18.9. The van der Waals surface area contributed by atoms with Crippen LogP contribution in [0.1, 0.15) is 5.69 Å². The first-order valence-corrected chi connectivity index (χ1v) is 8.66. The minimum absolute atomic E-state index is 0.151. The zero-order valence-corrected chi connectivity index (χ0v) is 13.7. The van der Waals surface area contributed by atoms with Crippen LogP contribution in [0.15, 0.2) is 59.5 Å². The molecule has 3 aromatic rings. The normalized spacial score (nSPS) is 12.2. The number of alkyl halides is 3. The van der Waals surface area contributed by atoms with Crippen molar-refractivity contribution < 1.29 is 26.0 Å². The van der Waals surface area contributed by atoms with Gasteiger partial charge in [0, 0.05) is 0 Å². The SMILES string of the molecule is O=S(=O)(Nc1n[nH]c(C(F)(F)F)c1-c1cccc(F)c1)c1ccccc1. The van der Waals surface area contributed by atoms with Gasteiger partial charge in [0.2, 0.25) is 0 Å². The van der Waals surface area contributed by atoms with Gasteiger partial charge in [-0.25, -0.2) is 12.8 Å². The highest BCUT2D eigenvalue weighted by molar-refractivity contribution is 7.92. The Bertz CT molecular complexity index is 1030. The number of halogens is 4. The van der Waals surface area contributed by atoms with Gasteiger partial charge >= 0.3 is 6.18 Å². The van der Waals surface area contributed by atoms with Crippen LogP contribution in [0.2, 0.25) is 0 Å². The van der Waals surface area contributed by atoms with Crippen LogP contribution in [0.4, 0.5) is 23.4 Å². The highest BCUT2D eigenvalue weighted by atomic mass is 32.2. The van der Waals surface area contributed by atoms with Gasteiger partial charge in [0.15, 0.2) is 5.82 Å². The molecule has 3 rings (SSSR count). The Morgan fingerprint density at radius 2 is 1.69 bits per heavy atom. The van der Waals surface area contributed by atoms with Crippen LogP contribution in [0.25, 0.3) is 11.1 Å². The maximum absolute atomic E-state index is 13.5. The fraction of sp³-hybridized carbons (Fsp3) is 0.0625. The summed E-state index contributed by atoms with van der Waals surface area (Å²) >= 11 is 0. The molecule has 0 bridgehead atoms. The number of nitrogens with zero attached hydrogens (tertiary/aromatic N) is 1. The van der Waals surface area contributed by atoms with E-state index >= 15 is 0 Å². The second-order valence-corrected chi connectivity index (χ2v) is 6.93. The summed E-state index contributed by atoms with van der Waals surface area (Å²) in [4.78, 5) is -0.151. The quantitative estimate of drug-likeness (QED) is 0.666. The molecular formula is C16H11F4N3O2S. The van der Waals surface area contributed by atoms with Crippen molar-refractivity contribution in [1.82, 2.24) is 10.2 Å². The van der Waals surface area contributed by atoms with Gasteiger partial charge in [-0.15, -0.1) is 0 Å². The van der Waals surface area contributed by atoms with Gasteiger partial charge < -0.3 is 0 Å². The molecule has 0 fully saturated rings. The lowest BCUT2D eigenvalue weighted by molar-refractivity contribution is -0.140. The number of sulfonamides is 1. The second kappa shape index (κ2) is 6.45. The molecule has 0 radical (unpaired) electrons. The topological polar surface area (TPSA) is 74.8 Å². The van der Waals surface area contributed by atoms with Crippen molar-refractivity contribution in [2.45, 2.75) is 11.1 Å². The van der Waals surface area contributed by atoms with Crippen LogP contribution >= 0.6 is 0 Å². The molecule has 0 atom stereocenters. The Morgan fingerprint density at radius 3 is 2.31 bits per heavy atom. The summed E-state index contributed by atoms with van der Waals surface area (Å²) < 4.78 is 80.1. The van der Waals surface area contributed by atoms with E-state index in [4.69, 9.17) is 0 Å². The minimum Gasteiger partial charge on any atom is -0.271 e. The van der Waals surface area contributed by atoms with Crippen LogP contribution in [0.5, 0.6) is 0 Å². The van der Waals surface area contributed by atoms with Gasteiger partial charge in [-0.05, 0) is 29.8 Å². The number of nitrogens with one attached hydrogen (secondary N) is 2. The van der Waals surface area contributed by atoms with Crippen LogP contribution in [0.3, 0.4) is 0 Å². The van der Waals surface area contributed by atoms with E-state index in [2.05, 4.69) is 5.10 Å². The Kier molecular flexibility index (Phi) is 4.45. The monoisotopic (exact) mass is 385 g/mol. The van der Waals surface area contributed by atoms with E-state index in [1.165, 1.54) is 36.4 Å². The molecule has 0 aliphatic carbocycles. The summed E-state index contributed by atoms with van der Waals surface area (Å²) in [6.45, 7) is 0. The van der Waals surface area contributed by atoms with Gasteiger partial charge in [-0.1, -0.05) is 30.3 Å². The van der Waals surface area contributed by atoms with Gasteiger partial charge in [-0.2, -0.15) is 18.3 Å². The summed E-state index contributed by atoms with van der Waals surface area (Å²) in [6, 6.07) is 11.4. The van der Waals surface area contributed by atoms with Crippen LogP contribution in [-0.2, 0) is 16.2 Å². The molecule has 2 N–H and O–H groups in total. The number of aromatic nitrogens is 2. The molecule has 26 heavy (non-hydrogen) atoms. The number of hydrogen-bond acceptors (Lipinski definition) is 3. The number of benzene rings is 2. The van der Waals surface area contributed by atoms with Crippen molar-refractivity contribution in [3.8, 4) is 11.1 Å². The molecule has 1 aromatic heterocycles. The Labute approximate surface area is 145 Å². The Hall–Kier alpha value is -2.88. The molecule has 5 nitrogen and oxygen atoms in total. The molecule has 1 heterocycles. The lowest BCUT2D eigenvalue weighted by atomic mass is 10.1. The van der Waals surface area contributed by atoms with E-state index in [0.29, 0.717) is 0 Å². The number of anilines is 1. The molecule has 136 valence electrons. The lowest BCUT2D eigenvalue weighted by Gasteiger charge is -2.11. The first-order valence-electron chi connectivity index (χ1n) is 7.18. The third-order valence-electron chi connectivity index (χ3n) is 3.45. The van der Waals surface area contributed by atoms with E-state index in [0.717, 1.165) is 12.1 Å². The third-order valence-corrected chi connectivity index (χ3v) is 4.80. The molecule has 0 spiro atoms. The molecule has 2 aromatic carbocycles. The smallest absolute Gasteiger partial charge is 0.271 e. The maximum Gasteiger partial charge on any atom is 0.433 e. The summed E-state index contributed by atoms with van der Waals surface area (Å²) in [5, 5.41) is 5.22. The summed E-state index contributed by atoms with van der Waals surface area (Å²) in [5.74, 6) is -1.35. The van der Waals surface area contributed by atoms with E-state index < -0.39 is 39.1 Å². The van der Waals surface area contributed by atoms with Crippen LogP contribution in [-0.4, -0.2) is 18.6 Å². The van der Waals surface area contributed by atoms with E-state index in [1.807, 2.05) is 4.72 Å². The number of hydrogen-bond donors (Lipinski definition) is 2. The summed E-state index contributed by atoms with van der Waals surface area (Å²) in [5.41, 5.74) is -2.04. The fourth-order valence-corrected chi connectivity index (χ4v) is 3.37. The van der Waals surface area contributed by atoms with Crippen molar-refractivity contribution in [2.75, 3.05) is 4.72 Å². The Morgan fingerprint density at radius 1 is 1.00 bits per heavy atom.